The van der Waals surface area contributed by atoms with E-state index >= 15 is 0 Å². The molecule has 1 aliphatic rings. The van der Waals surface area contributed by atoms with Crippen molar-refractivity contribution >= 4 is 17.6 Å². The normalized spacial score (nSPS) is 15.6. The number of aliphatic carboxylic acids is 1. The number of ether oxygens (including phenoxy) is 2. The average molecular weight is 410 g/mol. The first kappa shape index (κ1) is 21.4. The molecule has 0 aliphatic carbocycles. The van der Waals surface area contributed by atoms with Crippen LogP contribution in [0.5, 0.6) is 11.5 Å². The third kappa shape index (κ3) is 4.62. The summed E-state index contributed by atoms with van der Waals surface area (Å²) >= 11 is 0. The van der Waals surface area contributed by atoms with E-state index in [1.165, 1.54) is 10.6 Å². The third-order valence-corrected chi connectivity index (χ3v) is 5.21. The molecule has 3 rings (SSSR count). The number of carboxylic acid groups (broad SMARTS) is 1. The smallest absolute Gasteiger partial charge is 0.303 e. The molecule has 0 unspecified atom stereocenters. The summed E-state index contributed by atoms with van der Waals surface area (Å²) in [5.41, 5.74) is 3.75. The average Bonchev–Trinajstić information content (AvgIpc) is 3.22. The predicted octanol–water partition coefficient (Wildman–Crippen LogP) is 3.81. The van der Waals surface area contributed by atoms with Gasteiger partial charge in [-0.3, -0.25) is 9.59 Å². The number of rotatable bonds is 8. The van der Waals surface area contributed by atoms with Crippen molar-refractivity contribution in [2.45, 2.75) is 38.6 Å². The molecule has 1 heterocycles. The maximum atomic E-state index is 12.8. The summed E-state index contributed by atoms with van der Waals surface area (Å²) in [7, 11) is 3.14. The van der Waals surface area contributed by atoms with Gasteiger partial charge < -0.3 is 14.6 Å². The molecule has 0 fully saturated rings. The van der Waals surface area contributed by atoms with Gasteiger partial charge in [0.25, 0.3) is 0 Å². The highest BCUT2D eigenvalue weighted by molar-refractivity contribution is 6.03. The Hall–Kier alpha value is -3.35. The molecule has 0 saturated heterocycles. The fourth-order valence-electron chi connectivity index (χ4n) is 3.49. The maximum Gasteiger partial charge on any atom is 0.303 e. The van der Waals surface area contributed by atoms with Crippen molar-refractivity contribution in [1.29, 1.82) is 0 Å². The molecule has 30 heavy (non-hydrogen) atoms. The molecular formula is C23H26N2O5. The Morgan fingerprint density at radius 2 is 1.77 bits per heavy atom. The first-order chi connectivity index (χ1) is 14.5. The first-order valence-corrected chi connectivity index (χ1v) is 9.89. The van der Waals surface area contributed by atoms with Crippen molar-refractivity contribution in [3.63, 3.8) is 0 Å². The van der Waals surface area contributed by atoms with E-state index in [1.54, 1.807) is 20.3 Å². The summed E-state index contributed by atoms with van der Waals surface area (Å²) in [4.78, 5) is 23.7. The van der Waals surface area contributed by atoms with E-state index in [0.29, 0.717) is 17.9 Å². The molecule has 1 aliphatic heterocycles. The van der Waals surface area contributed by atoms with Crippen LogP contribution in [-0.4, -0.2) is 41.9 Å². The quantitative estimate of drug-likeness (QED) is 0.715. The predicted molar refractivity (Wildman–Crippen MR) is 113 cm³/mol. The van der Waals surface area contributed by atoms with Crippen LogP contribution in [-0.2, 0) is 16.0 Å². The lowest BCUT2D eigenvalue weighted by Crippen LogP contribution is -2.27. The Balaban J connectivity index is 1.93. The lowest BCUT2D eigenvalue weighted by molar-refractivity contribution is -0.141. The van der Waals surface area contributed by atoms with Gasteiger partial charge in [0, 0.05) is 18.4 Å². The molecule has 7 heteroatoms. The minimum Gasteiger partial charge on any atom is -0.493 e. The van der Waals surface area contributed by atoms with E-state index in [0.717, 1.165) is 23.3 Å². The zero-order chi connectivity index (χ0) is 21.7. The van der Waals surface area contributed by atoms with Crippen molar-refractivity contribution in [3.8, 4) is 11.5 Å². The van der Waals surface area contributed by atoms with Crippen molar-refractivity contribution in [1.82, 2.24) is 5.01 Å². The van der Waals surface area contributed by atoms with E-state index in [1.807, 2.05) is 36.4 Å². The Labute approximate surface area is 175 Å². The minimum atomic E-state index is -1.00. The number of benzene rings is 2. The number of hydrogen-bond donors (Lipinski definition) is 1. The largest absolute Gasteiger partial charge is 0.493 e. The maximum absolute atomic E-state index is 12.8. The van der Waals surface area contributed by atoms with Gasteiger partial charge >= 0.3 is 5.97 Å². The first-order valence-electron chi connectivity index (χ1n) is 9.89. The van der Waals surface area contributed by atoms with Gasteiger partial charge in [0.2, 0.25) is 5.91 Å². The van der Waals surface area contributed by atoms with Gasteiger partial charge in [0.1, 0.15) is 0 Å². The van der Waals surface area contributed by atoms with E-state index in [2.05, 4.69) is 12.0 Å². The highest BCUT2D eigenvalue weighted by atomic mass is 16.5. The molecule has 0 bridgehead atoms. The summed E-state index contributed by atoms with van der Waals surface area (Å²) in [6.45, 7) is 2.09. The summed E-state index contributed by atoms with van der Waals surface area (Å²) < 4.78 is 10.7. The Bertz CT molecular complexity index is 953. The zero-order valence-corrected chi connectivity index (χ0v) is 17.4. The van der Waals surface area contributed by atoms with Crippen molar-refractivity contribution in [3.05, 3.63) is 59.2 Å². The van der Waals surface area contributed by atoms with Gasteiger partial charge in [-0.25, -0.2) is 5.01 Å². The molecule has 2 aromatic rings. The summed E-state index contributed by atoms with van der Waals surface area (Å²) in [6, 6.07) is 13.3. The van der Waals surface area contributed by atoms with Crippen molar-refractivity contribution in [2.75, 3.05) is 14.2 Å². The number of methoxy groups -OCH3 is 2. The molecule has 1 atom stereocenters. The summed E-state index contributed by atoms with van der Waals surface area (Å²) in [6.07, 6.45) is 1.14. The van der Waals surface area contributed by atoms with E-state index in [4.69, 9.17) is 14.6 Å². The SMILES string of the molecule is CCc1ccc([C@@H]2CC(c3ccc(OC)c(OC)c3)=NN2C(=O)CCC(=O)O)cc1. The van der Waals surface area contributed by atoms with Crippen LogP contribution in [0.25, 0.3) is 0 Å². The van der Waals surface area contributed by atoms with Crippen LogP contribution in [0.2, 0.25) is 0 Å². The second kappa shape index (κ2) is 9.43. The highest BCUT2D eigenvalue weighted by Crippen LogP contribution is 2.36. The van der Waals surface area contributed by atoms with Gasteiger partial charge in [-0.1, -0.05) is 31.2 Å². The number of carbonyl (C=O) groups is 2. The number of hydrazone groups is 1. The fraction of sp³-hybridized carbons (Fsp3) is 0.348. The zero-order valence-electron chi connectivity index (χ0n) is 17.4. The van der Waals surface area contributed by atoms with E-state index in [9.17, 15) is 9.59 Å². The highest BCUT2D eigenvalue weighted by Gasteiger charge is 2.33. The topological polar surface area (TPSA) is 88.4 Å². The molecule has 1 N–H and O–H groups in total. The standard InChI is InChI=1S/C23H26N2O5/c1-4-15-5-7-16(8-6-15)19-14-18(24-25(19)22(26)11-12-23(27)28)17-9-10-20(29-2)21(13-17)30-3/h5-10,13,19H,4,11-12,14H2,1-3H3,(H,27,28)/t19-/m0/s1. The van der Waals surface area contributed by atoms with Crippen molar-refractivity contribution in [2.24, 2.45) is 5.10 Å². The number of nitrogens with zero attached hydrogens (tertiary/aromatic N) is 2. The van der Waals surface area contributed by atoms with Crippen LogP contribution in [0.15, 0.2) is 47.6 Å². The van der Waals surface area contributed by atoms with Crippen LogP contribution >= 0.6 is 0 Å². The second-order valence-corrected chi connectivity index (χ2v) is 7.06. The molecule has 0 spiro atoms. The second-order valence-electron chi connectivity index (χ2n) is 7.06. The minimum absolute atomic E-state index is 0.0956. The summed E-state index contributed by atoms with van der Waals surface area (Å²) in [5.74, 6) is -0.119. The molecule has 7 nitrogen and oxygen atoms in total. The molecule has 2 aromatic carbocycles. The lowest BCUT2D eigenvalue weighted by atomic mass is 9.97. The van der Waals surface area contributed by atoms with Crippen LogP contribution in [0, 0.1) is 0 Å². The monoisotopic (exact) mass is 410 g/mol. The molecule has 1 amide bonds. The number of aryl methyl sites for hydroxylation is 1. The van der Waals surface area contributed by atoms with E-state index in [-0.39, 0.29) is 24.8 Å². The molecule has 158 valence electrons. The van der Waals surface area contributed by atoms with Crippen LogP contribution in [0.1, 0.15) is 48.9 Å². The van der Waals surface area contributed by atoms with Gasteiger partial charge in [-0.05, 0) is 35.7 Å². The molecule has 0 saturated carbocycles. The Kier molecular flexibility index (Phi) is 6.72. The van der Waals surface area contributed by atoms with Crippen LogP contribution < -0.4 is 9.47 Å². The number of hydrogen-bond acceptors (Lipinski definition) is 5. The Morgan fingerprint density at radius 3 is 2.37 bits per heavy atom. The van der Waals surface area contributed by atoms with Crippen LogP contribution in [0.3, 0.4) is 0 Å². The van der Waals surface area contributed by atoms with Gasteiger partial charge in [-0.2, -0.15) is 5.10 Å². The lowest BCUT2D eigenvalue weighted by Gasteiger charge is -2.22. The molecular weight excluding hydrogens is 384 g/mol. The van der Waals surface area contributed by atoms with E-state index < -0.39 is 5.97 Å². The number of carboxylic acids is 1. The van der Waals surface area contributed by atoms with Gasteiger partial charge in [-0.15, -0.1) is 0 Å². The Morgan fingerprint density at radius 1 is 1.07 bits per heavy atom. The van der Waals surface area contributed by atoms with Crippen molar-refractivity contribution < 1.29 is 24.2 Å². The number of carbonyl (C=O) groups excluding carboxylic acids is 1. The van der Waals surface area contributed by atoms with Gasteiger partial charge in [0.05, 0.1) is 32.4 Å². The molecule has 0 radical (unpaired) electrons. The third-order valence-electron chi connectivity index (χ3n) is 5.21. The number of amides is 1. The van der Waals surface area contributed by atoms with Gasteiger partial charge in [0.15, 0.2) is 11.5 Å². The summed E-state index contributed by atoms with van der Waals surface area (Å²) in [5, 5.41) is 15.0. The van der Waals surface area contributed by atoms with Crippen LogP contribution in [0.4, 0.5) is 0 Å². The molecule has 0 aromatic heterocycles. The fourth-order valence-corrected chi connectivity index (χ4v) is 3.49.